The van der Waals surface area contributed by atoms with Crippen molar-refractivity contribution >= 4 is 23.6 Å². The fraction of sp³-hybridized carbons (Fsp3) is 0.571. The van der Waals surface area contributed by atoms with Crippen molar-refractivity contribution in [1.29, 1.82) is 0 Å². The molecule has 100 valence electrons. The fourth-order valence-corrected chi connectivity index (χ4v) is 3.95. The van der Waals surface area contributed by atoms with Gasteiger partial charge in [0.25, 0.3) is 0 Å². The summed E-state index contributed by atoms with van der Waals surface area (Å²) in [7, 11) is 0. The van der Waals surface area contributed by atoms with E-state index < -0.39 is 0 Å². The Morgan fingerprint density at radius 2 is 2.11 bits per heavy atom. The molecule has 0 spiro atoms. The second-order valence-electron chi connectivity index (χ2n) is 5.78. The van der Waals surface area contributed by atoms with Crippen molar-refractivity contribution in [3.8, 4) is 10.7 Å². The molecule has 2 heterocycles. The largest absolute Gasteiger partial charge is 0.299 e. The molecule has 2 saturated carbocycles. The summed E-state index contributed by atoms with van der Waals surface area (Å²) in [5.74, 6) is 3.73. The molecule has 2 aromatic heterocycles. The Morgan fingerprint density at radius 3 is 2.68 bits per heavy atom. The Labute approximate surface area is 121 Å². The van der Waals surface area contributed by atoms with Gasteiger partial charge in [-0.05, 0) is 67.1 Å². The first-order chi connectivity index (χ1) is 9.33. The third kappa shape index (κ3) is 2.30. The second kappa shape index (κ2) is 4.56. The fourth-order valence-electron chi connectivity index (χ4n) is 3.02. The van der Waals surface area contributed by atoms with Gasteiger partial charge in [0.2, 0.25) is 0 Å². The van der Waals surface area contributed by atoms with Gasteiger partial charge in [-0.3, -0.25) is 9.67 Å². The van der Waals surface area contributed by atoms with Gasteiger partial charge in [-0.2, -0.15) is 5.10 Å². The van der Waals surface area contributed by atoms with Gasteiger partial charge in [-0.15, -0.1) is 11.3 Å². The lowest BCUT2D eigenvalue weighted by atomic mass is 9.98. The quantitative estimate of drug-likeness (QED) is 0.841. The van der Waals surface area contributed by atoms with Crippen molar-refractivity contribution in [2.24, 2.45) is 17.8 Å². The molecule has 0 amide bonds. The lowest BCUT2D eigenvalue weighted by Gasteiger charge is -2.17. The molecule has 0 radical (unpaired) electrons. The van der Waals surface area contributed by atoms with Gasteiger partial charge in [0, 0.05) is 6.54 Å². The molecular weight excluding hydrogens is 274 g/mol. The van der Waals surface area contributed by atoms with Crippen LogP contribution in [0.1, 0.15) is 25.7 Å². The van der Waals surface area contributed by atoms with Crippen LogP contribution in [0.3, 0.4) is 0 Å². The van der Waals surface area contributed by atoms with Crippen molar-refractivity contribution in [3.63, 3.8) is 0 Å². The van der Waals surface area contributed by atoms with Crippen molar-refractivity contribution in [2.75, 3.05) is 0 Å². The Kier molecular flexibility index (Phi) is 2.84. The van der Waals surface area contributed by atoms with Crippen LogP contribution < -0.4 is 0 Å². The zero-order valence-corrected chi connectivity index (χ0v) is 12.3. The van der Waals surface area contributed by atoms with E-state index in [9.17, 15) is 0 Å². The summed E-state index contributed by atoms with van der Waals surface area (Å²) in [5.41, 5.74) is 0. The van der Waals surface area contributed by atoms with E-state index in [1.54, 1.807) is 11.3 Å². The molecule has 0 aliphatic heterocycles. The summed E-state index contributed by atoms with van der Waals surface area (Å²) >= 11 is 7.16. The molecule has 3 nitrogen and oxygen atoms in total. The van der Waals surface area contributed by atoms with E-state index in [2.05, 4.69) is 32.3 Å². The summed E-state index contributed by atoms with van der Waals surface area (Å²) in [6.07, 6.45) is 5.67. The highest BCUT2D eigenvalue weighted by Gasteiger charge is 2.41. The van der Waals surface area contributed by atoms with Crippen LogP contribution in [0.5, 0.6) is 0 Å². The average Bonchev–Trinajstić information content (AvgIpc) is 3.33. The van der Waals surface area contributed by atoms with Gasteiger partial charge in [-0.25, -0.2) is 0 Å². The highest BCUT2D eigenvalue weighted by atomic mass is 32.1. The van der Waals surface area contributed by atoms with Gasteiger partial charge in [0.15, 0.2) is 10.6 Å². The molecule has 0 aromatic carbocycles. The standard InChI is InChI=1S/C14H17N3S2/c18-14-16-15-13(12-2-1-7-19-12)17(14)8-11(9-3-4-9)10-5-6-10/h1-2,7,9-11H,3-6,8H2,(H,16,18). The van der Waals surface area contributed by atoms with Crippen LogP contribution in [0.2, 0.25) is 0 Å². The van der Waals surface area contributed by atoms with E-state index >= 15 is 0 Å². The highest BCUT2D eigenvalue weighted by Crippen LogP contribution is 2.50. The number of hydrogen-bond acceptors (Lipinski definition) is 3. The highest BCUT2D eigenvalue weighted by molar-refractivity contribution is 7.71. The van der Waals surface area contributed by atoms with Crippen LogP contribution >= 0.6 is 23.6 Å². The Morgan fingerprint density at radius 1 is 1.37 bits per heavy atom. The molecular formula is C14H17N3S2. The van der Waals surface area contributed by atoms with E-state index in [4.69, 9.17) is 12.2 Å². The van der Waals surface area contributed by atoms with Crippen LogP contribution in [0.4, 0.5) is 0 Å². The normalized spacial score (nSPS) is 19.2. The first-order valence-electron chi connectivity index (χ1n) is 7.02. The summed E-state index contributed by atoms with van der Waals surface area (Å²) in [6.45, 7) is 1.05. The van der Waals surface area contributed by atoms with Crippen LogP contribution in [0, 0.1) is 22.5 Å². The Bertz CT molecular complexity index is 605. The average molecular weight is 291 g/mol. The number of H-pyrrole nitrogens is 1. The lowest BCUT2D eigenvalue weighted by molar-refractivity contribution is 0.348. The number of rotatable bonds is 5. The van der Waals surface area contributed by atoms with Crippen LogP contribution in [-0.2, 0) is 6.54 Å². The first kappa shape index (κ1) is 11.9. The van der Waals surface area contributed by atoms with Gasteiger partial charge in [-0.1, -0.05) is 6.07 Å². The van der Waals surface area contributed by atoms with Crippen LogP contribution in [0.15, 0.2) is 17.5 Å². The molecule has 4 rings (SSSR count). The molecule has 0 unspecified atom stereocenters. The number of aromatic amines is 1. The summed E-state index contributed by atoms with van der Waals surface area (Å²) < 4.78 is 3.00. The van der Waals surface area contributed by atoms with Gasteiger partial charge in [0.05, 0.1) is 4.88 Å². The molecule has 0 bridgehead atoms. The minimum atomic E-state index is 0.773. The van der Waals surface area contributed by atoms with Gasteiger partial charge >= 0.3 is 0 Å². The SMILES string of the molecule is S=c1[nH]nc(-c2cccs2)n1CC(C1CC1)C1CC1. The van der Waals surface area contributed by atoms with E-state index in [1.165, 1.54) is 30.6 Å². The summed E-state index contributed by atoms with van der Waals surface area (Å²) in [4.78, 5) is 1.21. The monoisotopic (exact) mass is 291 g/mol. The molecule has 1 N–H and O–H groups in total. The summed E-state index contributed by atoms with van der Waals surface area (Å²) in [6, 6.07) is 4.19. The van der Waals surface area contributed by atoms with Crippen molar-refractivity contribution in [2.45, 2.75) is 32.2 Å². The number of thiophene rings is 1. The maximum atomic E-state index is 5.43. The molecule has 2 fully saturated rings. The Balaban J connectivity index is 1.66. The maximum Gasteiger partial charge on any atom is 0.195 e. The molecule has 2 aliphatic carbocycles. The van der Waals surface area contributed by atoms with E-state index in [0.717, 1.165) is 34.9 Å². The second-order valence-corrected chi connectivity index (χ2v) is 7.11. The predicted octanol–water partition coefficient (Wildman–Crippen LogP) is 4.11. The topological polar surface area (TPSA) is 33.6 Å². The van der Waals surface area contributed by atoms with Crippen molar-refractivity contribution in [3.05, 3.63) is 22.3 Å². The molecule has 5 heteroatoms. The first-order valence-corrected chi connectivity index (χ1v) is 8.31. The lowest BCUT2D eigenvalue weighted by Crippen LogP contribution is -2.15. The zero-order valence-electron chi connectivity index (χ0n) is 10.7. The molecule has 0 saturated heterocycles. The van der Waals surface area contributed by atoms with Gasteiger partial charge < -0.3 is 0 Å². The van der Waals surface area contributed by atoms with Crippen molar-refractivity contribution in [1.82, 2.24) is 14.8 Å². The van der Waals surface area contributed by atoms with Gasteiger partial charge in [0.1, 0.15) is 0 Å². The minimum Gasteiger partial charge on any atom is -0.299 e. The third-order valence-electron chi connectivity index (χ3n) is 4.35. The van der Waals surface area contributed by atoms with Crippen LogP contribution in [-0.4, -0.2) is 14.8 Å². The van der Waals surface area contributed by atoms with Crippen LogP contribution in [0.25, 0.3) is 10.7 Å². The van der Waals surface area contributed by atoms with E-state index in [-0.39, 0.29) is 0 Å². The zero-order chi connectivity index (χ0) is 12.8. The van der Waals surface area contributed by atoms with Crippen molar-refractivity contribution < 1.29 is 0 Å². The number of hydrogen-bond donors (Lipinski definition) is 1. The third-order valence-corrected chi connectivity index (χ3v) is 5.53. The Hall–Kier alpha value is -0.940. The minimum absolute atomic E-state index is 0.773. The number of aromatic nitrogens is 3. The molecule has 2 aromatic rings. The van der Waals surface area contributed by atoms with E-state index in [0.29, 0.717) is 0 Å². The summed E-state index contributed by atoms with van der Waals surface area (Å²) in [5, 5.41) is 9.49. The molecule has 2 aliphatic rings. The molecule has 19 heavy (non-hydrogen) atoms. The van der Waals surface area contributed by atoms with E-state index in [1.807, 2.05) is 0 Å². The number of nitrogens with zero attached hydrogens (tertiary/aromatic N) is 2. The number of nitrogens with one attached hydrogen (secondary N) is 1. The predicted molar refractivity (Wildman–Crippen MR) is 79.7 cm³/mol. The maximum absolute atomic E-state index is 5.43. The smallest absolute Gasteiger partial charge is 0.195 e. The molecule has 0 atom stereocenters.